The number of alkyl halides is 3. The van der Waals surface area contributed by atoms with E-state index in [0.29, 0.717) is 13.1 Å². The lowest BCUT2D eigenvalue weighted by Gasteiger charge is -2.40. The van der Waals surface area contributed by atoms with Gasteiger partial charge in [-0.1, -0.05) is 13.8 Å². The summed E-state index contributed by atoms with van der Waals surface area (Å²) >= 11 is 1.57. The van der Waals surface area contributed by atoms with Crippen LogP contribution in [-0.4, -0.2) is 37.5 Å². The third kappa shape index (κ3) is 4.27. The predicted octanol–water partition coefficient (Wildman–Crippen LogP) is 5.11. The zero-order valence-electron chi connectivity index (χ0n) is 19.8. The summed E-state index contributed by atoms with van der Waals surface area (Å²) in [6, 6.07) is 5.85. The minimum atomic E-state index is -4.72. The van der Waals surface area contributed by atoms with Crippen LogP contribution in [0.4, 0.5) is 19.1 Å². The van der Waals surface area contributed by atoms with Gasteiger partial charge in [0.25, 0.3) is 0 Å². The molecule has 1 atom stereocenters. The number of halogens is 3. The van der Waals surface area contributed by atoms with Crippen LogP contribution in [0.25, 0.3) is 10.9 Å². The van der Waals surface area contributed by atoms with Crippen LogP contribution in [-0.2, 0) is 24.9 Å². The maximum absolute atomic E-state index is 13.9. The molecule has 1 unspecified atom stereocenters. The van der Waals surface area contributed by atoms with Gasteiger partial charge in [0, 0.05) is 46.3 Å². The van der Waals surface area contributed by atoms with Gasteiger partial charge in [0.1, 0.15) is 0 Å². The van der Waals surface area contributed by atoms with Crippen molar-refractivity contribution in [2.45, 2.75) is 63.6 Å². The van der Waals surface area contributed by atoms with Crippen LogP contribution in [0.3, 0.4) is 0 Å². The molecule has 1 aromatic carbocycles. The Morgan fingerprint density at radius 3 is 2.44 bits per heavy atom. The standard InChI is InChI=1S/C24H29F3N4O2S/c1-13(2)20-18-9-14-8-15(12-32)19(34-5)10-17(14)30(18)6-7-31(20)22-28-11-16(23(3,4)33)21(29-22)24(25,26)27/h8-11,13,20,32-33H,6-7,12H2,1-5H3. The molecule has 0 amide bonds. The summed E-state index contributed by atoms with van der Waals surface area (Å²) in [6.45, 7) is 7.57. The van der Waals surface area contributed by atoms with Gasteiger partial charge in [-0.3, -0.25) is 0 Å². The Hall–Kier alpha value is -2.30. The molecule has 0 radical (unpaired) electrons. The first-order chi connectivity index (χ1) is 15.9. The second-order valence-electron chi connectivity index (χ2n) is 9.47. The van der Waals surface area contributed by atoms with Gasteiger partial charge in [-0.15, -0.1) is 11.8 Å². The molecule has 10 heteroatoms. The van der Waals surface area contributed by atoms with Gasteiger partial charge >= 0.3 is 6.18 Å². The van der Waals surface area contributed by atoms with Gasteiger partial charge in [0.05, 0.1) is 18.2 Å². The highest BCUT2D eigenvalue weighted by atomic mass is 32.2. The number of aliphatic hydroxyl groups excluding tert-OH is 1. The van der Waals surface area contributed by atoms with E-state index in [1.54, 1.807) is 11.8 Å². The largest absolute Gasteiger partial charge is 0.433 e. The average Bonchev–Trinajstić information content (AvgIpc) is 3.12. The molecule has 0 fully saturated rings. The van der Waals surface area contributed by atoms with Gasteiger partial charge in [0.2, 0.25) is 5.95 Å². The summed E-state index contributed by atoms with van der Waals surface area (Å²) in [5.41, 5.74) is -0.332. The van der Waals surface area contributed by atoms with Crippen LogP contribution >= 0.6 is 11.8 Å². The zero-order valence-corrected chi connectivity index (χ0v) is 20.6. The third-order valence-electron chi connectivity index (χ3n) is 6.30. The number of hydrogen-bond donors (Lipinski definition) is 2. The van der Waals surface area contributed by atoms with Crippen molar-refractivity contribution in [2.24, 2.45) is 5.92 Å². The Morgan fingerprint density at radius 2 is 1.88 bits per heavy atom. The fraction of sp³-hybridized carbons (Fsp3) is 0.500. The lowest BCUT2D eigenvalue weighted by atomic mass is 9.96. The molecule has 3 aromatic rings. The molecule has 2 aromatic heterocycles. The quantitative estimate of drug-likeness (QED) is 0.481. The number of hydrogen-bond acceptors (Lipinski definition) is 6. The summed E-state index contributed by atoms with van der Waals surface area (Å²) in [4.78, 5) is 11.0. The molecule has 2 N–H and O–H groups in total. The number of aromatic nitrogens is 3. The number of benzene rings is 1. The first kappa shape index (κ1) is 24.8. The van der Waals surface area contributed by atoms with E-state index in [1.165, 1.54) is 13.8 Å². The van der Waals surface area contributed by atoms with Crippen LogP contribution in [0, 0.1) is 5.92 Å². The Balaban J connectivity index is 1.85. The minimum Gasteiger partial charge on any atom is -0.392 e. The molecule has 0 bridgehead atoms. The van der Waals surface area contributed by atoms with E-state index >= 15 is 0 Å². The molecule has 0 saturated heterocycles. The smallest absolute Gasteiger partial charge is 0.392 e. The summed E-state index contributed by atoms with van der Waals surface area (Å²) in [5.74, 6) is 0.0592. The summed E-state index contributed by atoms with van der Waals surface area (Å²) in [6.07, 6.45) is -1.67. The fourth-order valence-corrected chi connectivity index (χ4v) is 5.39. The van der Waals surface area contributed by atoms with Gasteiger partial charge in [0.15, 0.2) is 5.69 Å². The molecule has 34 heavy (non-hydrogen) atoms. The number of nitrogens with zero attached hydrogens (tertiary/aromatic N) is 4. The SMILES string of the molecule is CSc1cc2c(cc1CO)cc1n2CCN(c2ncc(C(C)(C)O)c(C(F)(F)F)n2)C1C(C)C. The van der Waals surface area contributed by atoms with Crippen molar-refractivity contribution in [1.29, 1.82) is 0 Å². The lowest BCUT2D eigenvalue weighted by molar-refractivity contribution is -0.144. The van der Waals surface area contributed by atoms with E-state index in [4.69, 9.17) is 0 Å². The topological polar surface area (TPSA) is 74.4 Å². The lowest BCUT2D eigenvalue weighted by Crippen LogP contribution is -2.42. The average molecular weight is 495 g/mol. The summed E-state index contributed by atoms with van der Waals surface area (Å²) < 4.78 is 43.8. The Labute approximate surface area is 200 Å². The van der Waals surface area contributed by atoms with Crippen molar-refractivity contribution in [1.82, 2.24) is 14.5 Å². The van der Waals surface area contributed by atoms with Crippen molar-refractivity contribution in [3.63, 3.8) is 0 Å². The second-order valence-corrected chi connectivity index (χ2v) is 10.3. The van der Waals surface area contributed by atoms with E-state index in [9.17, 15) is 23.4 Å². The van der Waals surface area contributed by atoms with Crippen LogP contribution in [0.5, 0.6) is 0 Å². The zero-order chi connectivity index (χ0) is 25.0. The van der Waals surface area contributed by atoms with Crippen molar-refractivity contribution in [3.05, 3.63) is 46.9 Å². The third-order valence-corrected chi connectivity index (χ3v) is 7.12. The van der Waals surface area contributed by atoms with E-state index in [1.807, 2.05) is 37.1 Å². The first-order valence-corrected chi connectivity index (χ1v) is 12.3. The molecule has 3 heterocycles. The normalized spacial score (nSPS) is 17.0. The van der Waals surface area contributed by atoms with Crippen molar-refractivity contribution >= 4 is 28.6 Å². The number of rotatable bonds is 5. The predicted molar refractivity (Wildman–Crippen MR) is 127 cm³/mol. The molecule has 1 aliphatic rings. The molecule has 184 valence electrons. The van der Waals surface area contributed by atoms with Crippen LogP contribution in [0.15, 0.2) is 29.3 Å². The fourth-order valence-electron chi connectivity index (χ4n) is 4.77. The molecule has 0 aliphatic carbocycles. The van der Waals surface area contributed by atoms with Gasteiger partial charge < -0.3 is 19.7 Å². The minimum absolute atomic E-state index is 0.00335. The van der Waals surface area contributed by atoms with Crippen LogP contribution in [0.2, 0.25) is 0 Å². The first-order valence-electron chi connectivity index (χ1n) is 11.1. The molecule has 0 spiro atoms. The van der Waals surface area contributed by atoms with E-state index < -0.39 is 17.5 Å². The highest BCUT2D eigenvalue weighted by Crippen LogP contribution is 2.41. The van der Waals surface area contributed by atoms with Gasteiger partial charge in [-0.2, -0.15) is 13.2 Å². The highest BCUT2D eigenvalue weighted by molar-refractivity contribution is 7.98. The van der Waals surface area contributed by atoms with Gasteiger partial charge in [-0.25, -0.2) is 9.97 Å². The van der Waals surface area contributed by atoms with Crippen molar-refractivity contribution in [2.75, 3.05) is 17.7 Å². The molecular weight excluding hydrogens is 465 g/mol. The van der Waals surface area contributed by atoms with E-state index in [2.05, 4.69) is 20.6 Å². The summed E-state index contributed by atoms with van der Waals surface area (Å²) in [5, 5.41) is 21.0. The molecule has 0 saturated carbocycles. The monoisotopic (exact) mass is 494 g/mol. The molecule has 4 rings (SSSR count). The highest BCUT2D eigenvalue weighted by Gasteiger charge is 2.41. The Kier molecular flexibility index (Phi) is 6.37. The molecule has 6 nitrogen and oxygen atoms in total. The number of fused-ring (bicyclic) bond motifs is 3. The number of anilines is 1. The number of thioether (sulfide) groups is 1. The van der Waals surface area contributed by atoms with E-state index in [-0.39, 0.29) is 30.1 Å². The van der Waals surface area contributed by atoms with Crippen LogP contribution in [0.1, 0.15) is 56.3 Å². The maximum Gasteiger partial charge on any atom is 0.433 e. The summed E-state index contributed by atoms with van der Waals surface area (Å²) in [7, 11) is 0. The molecule has 1 aliphatic heterocycles. The van der Waals surface area contributed by atoms with Crippen molar-refractivity contribution < 1.29 is 23.4 Å². The second kappa shape index (κ2) is 8.73. The molecular formula is C24H29F3N4O2S. The number of aliphatic hydroxyl groups is 2. The van der Waals surface area contributed by atoms with Crippen LogP contribution < -0.4 is 4.90 Å². The van der Waals surface area contributed by atoms with Gasteiger partial charge in [-0.05, 0) is 49.8 Å². The Bertz CT molecular complexity index is 1220. The maximum atomic E-state index is 13.9. The van der Waals surface area contributed by atoms with E-state index in [0.717, 1.165) is 33.3 Å². The Morgan fingerprint density at radius 1 is 1.18 bits per heavy atom. The van der Waals surface area contributed by atoms with Crippen molar-refractivity contribution in [3.8, 4) is 0 Å².